The van der Waals surface area contributed by atoms with E-state index in [0.29, 0.717) is 4.99 Å². The normalized spacial score (nSPS) is 10.4. The van der Waals surface area contributed by atoms with Crippen molar-refractivity contribution in [3.05, 3.63) is 45.6 Å². The molecule has 0 radical (unpaired) electrons. The third-order valence-electron chi connectivity index (χ3n) is 2.74. The molecule has 2 aromatic rings. The molecule has 0 aliphatic heterocycles. The molecule has 2 rings (SSSR count). The van der Waals surface area contributed by atoms with Gasteiger partial charge in [0.15, 0.2) is 0 Å². The molecule has 0 fully saturated rings. The first-order chi connectivity index (χ1) is 9.11. The lowest BCUT2D eigenvalue weighted by atomic mass is 10.1. The summed E-state index contributed by atoms with van der Waals surface area (Å²) < 4.78 is 0. The summed E-state index contributed by atoms with van der Waals surface area (Å²) in [4.78, 5) is 4.18. The van der Waals surface area contributed by atoms with Crippen LogP contribution in [0.5, 0.6) is 0 Å². The quantitative estimate of drug-likeness (QED) is 0.646. The molecule has 0 atom stereocenters. The largest absolute Gasteiger partial charge is 0.389 e. The predicted octanol–water partition coefficient (Wildman–Crippen LogP) is 4.02. The van der Waals surface area contributed by atoms with Gasteiger partial charge in [-0.15, -0.1) is 23.1 Å². The van der Waals surface area contributed by atoms with E-state index in [1.54, 1.807) is 23.1 Å². The highest BCUT2D eigenvalue weighted by Crippen LogP contribution is 2.28. The van der Waals surface area contributed by atoms with Crippen molar-refractivity contribution in [1.29, 1.82) is 0 Å². The van der Waals surface area contributed by atoms with E-state index in [-0.39, 0.29) is 0 Å². The highest BCUT2D eigenvalue weighted by molar-refractivity contribution is 7.98. The van der Waals surface area contributed by atoms with E-state index in [2.05, 4.69) is 24.4 Å². The van der Waals surface area contributed by atoms with Crippen molar-refractivity contribution < 1.29 is 0 Å². The number of thiocarbonyl (C=S) groups is 1. The number of thiophene rings is 1. The van der Waals surface area contributed by atoms with Gasteiger partial charge in [-0.05, 0) is 37.4 Å². The van der Waals surface area contributed by atoms with Crippen molar-refractivity contribution in [3.8, 4) is 0 Å². The van der Waals surface area contributed by atoms with Crippen LogP contribution in [0.15, 0.2) is 35.2 Å². The maximum absolute atomic E-state index is 5.84. The van der Waals surface area contributed by atoms with Gasteiger partial charge in [0, 0.05) is 32.4 Å². The number of benzene rings is 1. The fraction of sp³-hybridized carbons (Fsp3) is 0.214. The summed E-state index contributed by atoms with van der Waals surface area (Å²) in [6.45, 7) is 2.91. The summed E-state index contributed by atoms with van der Waals surface area (Å²) >= 11 is 8.62. The summed E-state index contributed by atoms with van der Waals surface area (Å²) in [5.74, 6) is 0. The Morgan fingerprint density at radius 2 is 2.16 bits per heavy atom. The number of thioether (sulfide) groups is 1. The number of aryl methyl sites for hydroxylation is 1. The molecular weight excluding hydrogens is 292 g/mol. The Morgan fingerprint density at radius 1 is 1.37 bits per heavy atom. The van der Waals surface area contributed by atoms with Gasteiger partial charge in [0.25, 0.3) is 0 Å². The molecule has 0 aliphatic carbocycles. The molecular formula is C14H16N2S3. The molecule has 1 aromatic carbocycles. The van der Waals surface area contributed by atoms with Gasteiger partial charge >= 0.3 is 0 Å². The Morgan fingerprint density at radius 3 is 2.74 bits per heavy atom. The Kier molecular flexibility index (Phi) is 4.85. The van der Waals surface area contributed by atoms with Crippen molar-refractivity contribution in [2.75, 3.05) is 11.6 Å². The predicted molar refractivity (Wildman–Crippen MR) is 90.5 cm³/mol. The van der Waals surface area contributed by atoms with Gasteiger partial charge in [0.1, 0.15) is 4.99 Å². The zero-order valence-corrected chi connectivity index (χ0v) is 13.3. The third kappa shape index (κ3) is 3.49. The van der Waals surface area contributed by atoms with Gasteiger partial charge in [-0.1, -0.05) is 18.3 Å². The highest BCUT2D eigenvalue weighted by Gasteiger charge is 2.10. The molecule has 0 aliphatic rings. The van der Waals surface area contributed by atoms with Gasteiger partial charge in [-0.25, -0.2) is 0 Å². The smallest absolute Gasteiger partial charge is 0.107 e. The van der Waals surface area contributed by atoms with Crippen LogP contribution in [0, 0.1) is 6.92 Å². The summed E-state index contributed by atoms with van der Waals surface area (Å²) in [6.07, 6.45) is 2.03. The summed E-state index contributed by atoms with van der Waals surface area (Å²) in [5, 5.41) is 3.43. The second kappa shape index (κ2) is 6.41. The zero-order chi connectivity index (χ0) is 13.8. The van der Waals surface area contributed by atoms with Gasteiger partial charge in [0.2, 0.25) is 0 Å². The minimum atomic E-state index is 0.440. The Hall–Kier alpha value is -1.04. The fourth-order valence-electron chi connectivity index (χ4n) is 1.87. The first kappa shape index (κ1) is 14.4. The van der Waals surface area contributed by atoms with Gasteiger partial charge in [-0.2, -0.15) is 0 Å². The molecule has 0 unspecified atom stereocenters. The van der Waals surface area contributed by atoms with Crippen molar-refractivity contribution in [3.63, 3.8) is 0 Å². The lowest BCUT2D eigenvalue weighted by Crippen LogP contribution is -2.14. The minimum absolute atomic E-state index is 0.440. The molecule has 1 heterocycles. The number of hydrogen-bond donors (Lipinski definition) is 2. The molecule has 0 amide bonds. The van der Waals surface area contributed by atoms with Crippen LogP contribution >= 0.6 is 35.3 Å². The van der Waals surface area contributed by atoms with Crippen LogP contribution in [0.1, 0.15) is 15.3 Å². The summed E-state index contributed by atoms with van der Waals surface area (Å²) in [6, 6.07) is 10.4. The van der Waals surface area contributed by atoms with E-state index in [0.717, 1.165) is 22.7 Å². The van der Waals surface area contributed by atoms with E-state index < -0.39 is 0 Å². The van der Waals surface area contributed by atoms with Crippen LogP contribution in [-0.2, 0) is 6.54 Å². The van der Waals surface area contributed by atoms with Crippen LogP contribution in [0.3, 0.4) is 0 Å². The van der Waals surface area contributed by atoms with E-state index >= 15 is 0 Å². The number of rotatable bonds is 5. The lowest BCUT2D eigenvalue weighted by molar-refractivity contribution is 1.18. The lowest BCUT2D eigenvalue weighted by Gasteiger charge is -2.13. The van der Waals surface area contributed by atoms with Crippen LogP contribution in [-0.4, -0.2) is 11.2 Å². The van der Waals surface area contributed by atoms with E-state index in [9.17, 15) is 0 Å². The SMILES string of the molecule is CSc1cccc(NCc2ccc(C)s2)c1C(N)=S. The van der Waals surface area contributed by atoms with Crippen LogP contribution < -0.4 is 11.1 Å². The summed E-state index contributed by atoms with van der Waals surface area (Å²) in [5.41, 5.74) is 7.79. The number of nitrogens with one attached hydrogen (secondary N) is 1. The molecule has 0 spiro atoms. The van der Waals surface area contributed by atoms with Crippen molar-refractivity contribution in [2.45, 2.75) is 18.4 Å². The molecule has 1 aromatic heterocycles. The van der Waals surface area contributed by atoms with E-state index in [4.69, 9.17) is 18.0 Å². The molecule has 0 saturated carbocycles. The maximum Gasteiger partial charge on any atom is 0.107 e. The number of hydrogen-bond acceptors (Lipinski definition) is 4. The molecule has 100 valence electrons. The van der Waals surface area contributed by atoms with Crippen LogP contribution in [0.25, 0.3) is 0 Å². The van der Waals surface area contributed by atoms with E-state index in [1.165, 1.54) is 9.75 Å². The molecule has 5 heteroatoms. The third-order valence-corrected chi connectivity index (χ3v) is 4.73. The second-order valence-electron chi connectivity index (χ2n) is 4.11. The standard InChI is InChI=1S/C14H16N2S3/c1-9-6-7-10(19-9)8-16-11-4-3-5-12(18-2)13(11)14(15)17/h3-7,16H,8H2,1-2H3,(H2,15,17). The minimum Gasteiger partial charge on any atom is -0.389 e. The first-order valence-electron chi connectivity index (χ1n) is 5.88. The monoisotopic (exact) mass is 308 g/mol. The van der Waals surface area contributed by atoms with Gasteiger partial charge in [-0.3, -0.25) is 0 Å². The molecule has 19 heavy (non-hydrogen) atoms. The topological polar surface area (TPSA) is 38.0 Å². The average Bonchev–Trinajstić information content (AvgIpc) is 2.81. The van der Waals surface area contributed by atoms with Crippen LogP contribution in [0.2, 0.25) is 0 Å². The number of anilines is 1. The molecule has 0 bridgehead atoms. The number of nitrogens with two attached hydrogens (primary N) is 1. The summed E-state index contributed by atoms with van der Waals surface area (Å²) in [7, 11) is 0. The second-order valence-corrected chi connectivity index (χ2v) is 6.77. The van der Waals surface area contributed by atoms with E-state index in [1.807, 2.05) is 24.5 Å². The van der Waals surface area contributed by atoms with Gasteiger partial charge in [0.05, 0.1) is 0 Å². The maximum atomic E-state index is 5.84. The Bertz CT molecular complexity index is 590. The highest BCUT2D eigenvalue weighted by atomic mass is 32.2. The molecule has 0 saturated heterocycles. The van der Waals surface area contributed by atoms with Crippen molar-refractivity contribution in [1.82, 2.24) is 0 Å². The van der Waals surface area contributed by atoms with Crippen molar-refractivity contribution in [2.24, 2.45) is 5.73 Å². The first-order valence-corrected chi connectivity index (χ1v) is 8.32. The zero-order valence-electron chi connectivity index (χ0n) is 10.9. The molecule has 3 N–H and O–H groups in total. The van der Waals surface area contributed by atoms with Crippen LogP contribution in [0.4, 0.5) is 5.69 Å². The van der Waals surface area contributed by atoms with Crippen molar-refractivity contribution >= 4 is 46.0 Å². The Balaban J connectivity index is 2.22. The fourth-order valence-corrected chi connectivity index (χ4v) is 3.62. The average molecular weight is 308 g/mol. The Labute approximate surface area is 127 Å². The van der Waals surface area contributed by atoms with Gasteiger partial charge < -0.3 is 11.1 Å². The molecule has 2 nitrogen and oxygen atoms in total.